The molecule has 0 spiro atoms. The fourth-order valence-corrected chi connectivity index (χ4v) is 2.93. The molecule has 130 valence electrons. The molecule has 0 bridgehead atoms. The van der Waals surface area contributed by atoms with Crippen molar-refractivity contribution >= 4 is 18.9 Å². The maximum absolute atomic E-state index is 5.75. The maximum Gasteiger partial charge on any atom is 0.157 e. The maximum atomic E-state index is 5.75. The van der Waals surface area contributed by atoms with Crippen molar-refractivity contribution in [2.75, 3.05) is 19.8 Å². The average Bonchev–Trinajstić information content (AvgIpc) is 2.66. The molecule has 1 saturated heterocycles. The molecule has 2 aromatic carbocycles. The molecule has 1 atom stereocenters. The van der Waals surface area contributed by atoms with Crippen molar-refractivity contribution in [3.8, 4) is 5.75 Å². The first-order valence-electron chi connectivity index (χ1n) is 8.95. The molecule has 0 radical (unpaired) electrons. The zero-order valence-corrected chi connectivity index (χ0v) is 14.9. The van der Waals surface area contributed by atoms with E-state index in [1.54, 1.807) is 0 Å². The lowest BCUT2D eigenvalue weighted by atomic mass is 9.91. The third-order valence-corrected chi connectivity index (χ3v) is 4.36. The summed E-state index contributed by atoms with van der Waals surface area (Å²) in [5, 5.41) is 0. The van der Waals surface area contributed by atoms with Gasteiger partial charge in [-0.3, -0.25) is 0 Å². The van der Waals surface area contributed by atoms with E-state index in [2.05, 4.69) is 38.7 Å². The fourth-order valence-electron chi connectivity index (χ4n) is 2.93. The first kappa shape index (κ1) is 17.8. The summed E-state index contributed by atoms with van der Waals surface area (Å²) in [5.41, 5.74) is 4.51. The van der Waals surface area contributed by atoms with E-state index in [1.807, 2.05) is 24.3 Å². The van der Waals surface area contributed by atoms with Gasteiger partial charge >= 0.3 is 0 Å². The molecule has 3 rings (SSSR count). The highest BCUT2D eigenvalue weighted by Crippen LogP contribution is 2.23. The lowest BCUT2D eigenvalue weighted by Gasteiger charge is -2.22. The standard InChI is InChI=1S/C21H25BO3/c1-16(18-5-4-6-19(22)15-18)17-8-10-20(11-9-17)23-13-14-25-21-7-2-3-12-24-21/h4-6,8-11,15,21H,1-3,7,12-14,22H2. The van der Waals surface area contributed by atoms with Gasteiger partial charge in [-0.25, -0.2) is 0 Å². The van der Waals surface area contributed by atoms with Crippen LogP contribution < -0.4 is 10.2 Å². The summed E-state index contributed by atoms with van der Waals surface area (Å²) in [6.07, 6.45) is 3.24. The molecule has 25 heavy (non-hydrogen) atoms. The van der Waals surface area contributed by atoms with Crippen LogP contribution in [0, 0.1) is 0 Å². The summed E-state index contributed by atoms with van der Waals surface area (Å²) in [6.45, 7) is 6.09. The van der Waals surface area contributed by atoms with Gasteiger partial charge in [-0.15, -0.1) is 0 Å². The minimum absolute atomic E-state index is 0.0580. The molecule has 0 aromatic heterocycles. The minimum atomic E-state index is -0.0580. The smallest absolute Gasteiger partial charge is 0.157 e. The Morgan fingerprint density at radius 2 is 1.92 bits per heavy atom. The van der Waals surface area contributed by atoms with E-state index in [0.717, 1.165) is 41.9 Å². The summed E-state index contributed by atoms with van der Waals surface area (Å²) in [5.74, 6) is 0.842. The topological polar surface area (TPSA) is 27.7 Å². The monoisotopic (exact) mass is 336 g/mol. The molecule has 1 unspecified atom stereocenters. The first-order valence-corrected chi connectivity index (χ1v) is 8.95. The largest absolute Gasteiger partial charge is 0.491 e. The molecule has 0 saturated carbocycles. The van der Waals surface area contributed by atoms with E-state index in [4.69, 9.17) is 14.2 Å². The summed E-state index contributed by atoms with van der Waals surface area (Å²) in [4.78, 5) is 0. The molecule has 1 aliphatic heterocycles. The lowest BCUT2D eigenvalue weighted by Crippen LogP contribution is -2.24. The van der Waals surface area contributed by atoms with E-state index in [-0.39, 0.29) is 6.29 Å². The van der Waals surface area contributed by atoms with Gasteiger partial charge in [0.15, 0.2) is 6.29 Å². The molecular weight excluding hydrogens is 311 g/mol. The quantitative estimate of drug-likeness (QED) is 0.575. The van der Waals surface area contributed by atoms with Crippen LogP contribution >= 0.6 is 0 Å². The van der Waals surface area contributed by atoms with Gasteiger partial charge in [0, 0.05) is 6.61 Å². The minimum Gasteiger partial charge on any atom is -0.491 e. The van der Waals surface area contributed by atoms with Crippen LogP contribution in [0.15, 0.2) is 55.1 Å². The predicted octanol–water partition coefficient (Wildman–Crippen LogP) is 2.93. The van der Waals surface area contributed by atoms with Gasteiger partial charge in [0.25, 0.3) is 0 Å². The predicted molar refractivity (Wildman–Crippen MR) is 104 cm³/mol. The molecule has 0 amide bonds. The molecule has 4 heteroatoms. The molecular formula is C21H25BO3. The lowest BCUT2D eigenvalue weighted by molar-refractivity contribution is -0.165. The van der Waals surface area contributed by atoms with Crippen LogP contribution in [0.1, 0.15) is 30.4 Å². The molecule has 2 aromatic rings. The zero-order valence-electron chi connectivity index (χ0n) is 14.9. The van der Waals surface area contributed by atoms with Crippen molar-refractivity contribution in [1.82, 2.24) is 0 Å². The molecule has 0 aliphatic carbocycles. The number of hydrogen-bond donors (Lipinski definition) is 0. The van der Waals surface area contributed by atoms with Gasteiger partial charge in [-0.05, 0) is 48.1 Å². The van der Waals surface area contributed by atoms with Crippen LogP contribution in [0.5, 0.6) is 5.75 Å². The van der Waals surface area contributed by atoms with Crippen LogP contribution in [0.2, 0.25) is 0 Å². The second-order valence-electron chi connectivity index (χ2n) is 6.39. The van der Waals surface area contributed by atoms with Gasteiger partial charge < -0.3 is 14.2 Å². The third kappa shape index (κ3) is 5.22. The van der Waals surface area contributed by atoms with Gasteiger partial charge in [0.05, 0.1) is 6.61 Å². The SMILES string of the molecule is Bc1cccc(C(=C)c2ccc(OCCOC3CCCCO3)cc2)c1. The van der Waals surface area contributed by atoms with Crippen LogP contribution in [0.3, 0.4) is 0 Å². The molecule has 3 nitrogen and oxygen atoms in total. The van der Waals surface area contributed by atoms with Gasteiger partial charge in [-0.2, -0.15) is 0 Å². The van der Waals surface area contributed by atoms with E-state index >= 15 is 0 Å². The van der Waals surface area contributed by atoms with Crippen molar-refractivity contribution in [2.45, 2.75) is 25.6 Å². The molecule has 1 fully saturated rings. The zero-order chi connectivity index (χ0) is 17.5. The van der Waals surface area contributed by atoms with Crippen LogP contribution in [-0.2, 0) is 9.47 Å². The van der Waals surface area contributed by atoms with Gasteiger partial charge in [0.2, 0.25) is 0 Å². The van der Waals surface area contributed by atoms with Crippen LogP contribution in [0.4, 0.5) is 0 Å². The first-order chi connectivity index (χ1) is 12.2. The van der Waals surface area contributed by atoms with Crippen molar-refractivity contribution < 1.29 is 14.2 Å². The average molecular weight is 336 g/mol. The van der Waals surface area contributed by atoms with Gasteiger partial charge in [0.1, 0.15) is 20.2 Å². The van der Waals surface area contributed by atoms with E-state index < -0.39 is 0 Å². The highest BCUT2D eigenvalue weighted by atomic mass is 16.7. The fraction of sp³-hybridized carbons (Fsp3) is 0.333. The number of benzene rings is 2. The van der Waals surface area contributed by atoms with Gasteiger partial charge in [-0.1, -0.05) is 48.4 Å². The Morgan fingerprint density at radius 3 is 2.64 bits per heavy atom. The van der Waals surface area contributed by atoms with Crippen molar-refractivity contribution in [3.05, 3.63) is 66.2 Å². The Kier molecular flexibility index (Phi) is 6.32. The van der Waals surface area contributed by atoms with Crippen molar-refractivity contribution in [3.63, 3.8) is 0 Å². The second kappa shape index (κ2) is 8.88. The Morgan fingerprint density at radius 1 is 1.08 bits per heavy atom. The number of ether oxygens (including phenoxy) is 3. The van der Waals surface area contributed by atoms with E-state index in [0.29, 0.717) is 13.2 Å². The summed E-state index contributed by atoms with van der Waals surface area (Å²) in [7, 11) is 2.09. The summed E-state index contributed by atoms with van der Waals surface area (Å²) < 4.78 is 17.0. The number of hydrogen-bond acceptors (Lipinski definition) is 3. The van der Waals surface area contributed by atoms with Crippen molar-refractivity contribution in [1.29, 1.82) is 0 Å². The summed E-state index contributed by atoms with van der Waals surface area (Å²) in [6, 6.07) is 16.4. The van der Waals surface area contributed by atoms with E-state index in [9.17, 15) is 0 Å². The molecule has 1 heterocycles. The third-order valence-electron chi connectivity index (χ3n) is 4.36. The Labute approximate surface area is 151 Å². The van der Waals surface area contributed by atoms with Crippen LogP contribution in [0.25, 0.3) is 5.57 Å². The highest BCUT2D eigenvalue weighted by Gasteiger charge is 2.13. The molecule has 0 N–H and O–H groups in total. The molecule has 1 aliphatic rings. The Hall–Kier alpha value is -2.04. The Balaban J connectivity index is 1.47. The van der Waals surface area contributed by atoms with E-state index in [1.165, 1.54) is 11.9 Å². The summed E-state index contributed by atoms with van der Waals surface area (Å²) >= 11 is 0. The Bertz CT molecular complexity index is 691. The number of rotatable bonds is 7. The highest BCUT2D eigenvalue weighted by molar-refractivity contribution is 6.32. The normalized spacial score (nSPS) is 17.2. The van der Waals surface area contributed by atoms with Crippen molar-refractivity contribution in [2.24, 2.45) is 0 Å². The second-order valence-corrected chi connectivity index (χ2v) is 6.39. The van der Waals surface area contributed by atoms with Crippen LogP contribution in [-0.4, -0.2) is 34.0 Å².